The number of carbonyl (C=O) groups excluding carboxylic acids is 1. The highest BCUT2D eigenvalue weighted by molar-refractivity contribution is 5.94. The normalized spacial score (nSPS) is 11.3. The van der Waals surface area contributed by atoms with Crippen LogP contribution in [-0.4, -0.2) is 31.1 Å². The maximum Gasteiger partial charge on any atom is 0.251 e. The predicted octanol–water partition coefficient (Wildman–Crippen LogP) is 3.02. The Morgan fingerprint density at radius 2 is 1.81 bits per heavy atom. The molecule has 0 unspecified atom stereocenters. The van der Waals surface area contributed by atoms with E-state index < -0.39 is 0 Å². The molecule has 2 aromatic rings. The van der Waals surface area contributed by atoms with Gasteiger partial charge in [0.15, 0.2) is 5.96 Å². The van der Waals surface area contributed by atoms with Gasteiger partial charge >= 0.3 is 0 Å². The molecule has 0 heterocycles. The SMILES string of the molecule is CC(C)Oc1ccc(NC(N)=NCCCNC(=O)c2ccccc2)cc1. The summed E-state index contributed by atoms with van der Waals surface area (Å²) < 4.78 is 5.59. The van der Waals surface area contributed by atoms with Crippen LogP contribution in [0.3, 0.4) is 0 Å². The Kier molecular flexibility index (Phi) is 7.49. The maximum absolute atomic E-state index is 11.9. The van der Waals surface area contributed by atoms with Crippen LogP contribution in [0.15, 0.2) is 59.6 Å². The van der Waals surface area contributed by atoms with Crippen molar-refractivity contribution in [2.75, 3.05) is 18.4 Å². The van der Waals surface area contributed by atoms with Crippen molar-refractivity contribution < 1.29 is 9.53 Å². The first-order valence-electron chi connectivity index (χ1n) is 8.71. The van der Waals surface area contributed by atoms with Crippen molar-refractivity contribution in [2.24, 2.45) is 10.7 Å². The second-order valence-corrected chi connectivity index (χ2v) is 6.06. The summed E-state index contributed by atoms with van der Waals surface area (Å²) >= 11 is 0. The molecule has 26 heavy (non-hydrogen) atoms. The van der Waals surface area contributed by atoms with E-state index in [4.69, 9.17) is 10.5 Å². The van der Waals surface area contributed by atoms with E-state index >= 15 is 0 Å². The Morgan fingerprint density at radius 1 is 1.12 bits per heavy atom. The Labute approximate surface area is 154 Å². The van der Waals surface area contributed by atoms with Gasteiger partial charge in [-0.05, 0) is 56.7 Å². The van der Waals surface area contributed by atoms with Crippen LogP contribution in [0.25, 0.3) is 0 Å². The molecule has 0 aromatic heterocycles. The van der Waals surface area contributed by atoms with Gasteiger partial charge in [-0.15, -0.1) is 0 Å². The van der Waals surface area contributed by atoms with Crippen molar-refractivity contribution in [3.63, 3.8) is 0 Å². The van der Waals surface area contributed by atoms with Crippen molar-refractivity contribution in [1.29, 1.82) is 0 Å². The number of nitrogens with one attached hydrogen (secondary N) is 2. The van der Waals surface area contributed by atoms with Crippen molar-refractivity contribution >= 4 is 17.6 Å². The number of ether oxygens (including phenoxy) is 1. The van der Waals surface area contributed by atoms with Gasteiger partial charge in [0.2, 0.25) is 0 Å². The third-order valence-corrected chi connectivity index (χ3v) is 3.44. The highest BCUT2D eigenvalue weighted by atomic mass is 16.5. The smallest absolute Gasteiger partial charge is 0.251 e. The first kappa shape index (κ1) is 19.3. The van der Waals surface area contributed by atoms with Crippen LogP contribution in [0.1, 0.15) is 30.6 Å². The van der Waals surface area contributed by atoms with Crippen LogP contribution in [0, 0.1) is 0 Å². The van der Waals surface area contributed by atoms with Gasteiger partial charge in [-0.1, -0.05) is 18.2 Å². The van der Waals surface area contributed by atoms with E-state index in [9.17, 15) is 4.79 Å². The number of carbonyl (C=O) groups is 1. The van der Waals surface area contributed by atoms with Crippen molar-refractivity contribution in [3.05, 3.63) is 60.2 Å². The number of nitrogens with zero attached hydrogens (tertiary/aromatic N) is 1. The van der Waals surface area contributed by atoms with E-state index in [1.165, 1.54) is 0 Å². The molecule has 1 amide bonds. The van der Waals surface area contributed by atoms with Crippen LogP contribution in [0.5, 0.6) is 5.75 Å². The molecule has 138 valence electrons. The Bertz CT molecular complexity index is 712. The molecule has 0 aliphatic rings. The second-order valence-electron chi connectivity index (χ2n) is 6.06. The number of hydrogen-bond donors (Lipinski definition) is 3. The average molecular weight is 354 g/mol. The van der Waals surface area contributed by atoms with Crippen molar-refractivity contribution in [2.45, 2.75) is 26.4 Å². The molecule has 0 radical (unpaired) electrons. The molecule has 6 heteroatoms. The number of benzene rings is 2. The zero-order valence-corrected chi connectivity index (χ0v) is 15.2. The fourth-order valence-corrected chi connectivity index (χ4v) is 2.25. The van der Waals surface area contributed by atoms with E-state index in [1.54, 1.807) is 12.1 Å². The first-order chi connectivity index (χ1) is 12.5. The van der Waals surface area contributed by atoms with E-state index in [2.05, 4.69) is 15.6 Å². The van der Waals surface area contributed by atoms with E-state index in [0.717, 1.165) is 11.4 Å². The molecule has 0 saturated heterocycles. The highest BCUT2D eigenvalue weighted by Crippen LogP contribution is 2.16. The fraction of sp³-hybridized carbons (Fsp3) is 0.300. The minimum Gasteiger partial charge on any atom is -0.491 e. The number of aliphatic imine (C=N–C) groups is 1. The highest BCUT2D eigenvalue weighted by Gasteiger charge is 2.03. The molecule has 0 saturated carbocycles. The van der Waals surface area contributed by atoms with Gasteiger partial charge in [0.05, 0.1) is 6.10 Å². The third-order valence-electron chi connectivity index (χ3n) is 3.44. The number of amides is 1. The summed E-state index contributed by atoms with van der Waals surface area (Å²) in [5.74, 6) is 1.08. The molecule has 0 bridgehead atoms. The van der Waals surface area contributed by atoms with Crippen LogP contribution in [0.4, 0.5) is 5.69 Å². The summed E-state index contributed by atoms with van der Waals surface area (Å²) in [4.78, 5) is 16.1. The van der Waals surface area contributed by atoms with Crippen LogP contribution in [-0.2, 0) is 0 Å². The summed E-state index contributed by atoms with van der Waals surface area (Å²) in [6.45, 7) is 5.05. The Hall–Kier alpha value is -3.02. The fourth-order valence-electron chi connectivity index (χ4n) is 2.25. The predicted molar refractivity (Wildman–Crippen MR) is 106 cm³/mol. The number of guanidine groups is 1. The quantitative estimate of drug-likeness (QED) is 0.386. The summed E-state index contributed by atoms with van der Waals surface area (Å²) in [5.41, 5.74) is 7.38. The molecule has 0 aliphatic heterocycles. The van der Waals surface area contributed by atoms with Crippen LogP contribution >= 0.6 is 0 Å². The minimum atomic E-state index is -0.0793. The Morgan fingerprint density at radius 3 is 2.46 bits per heavy atom. The van der Waals surface area contributed by atoms with Crippen LogP contribution < -0.4 is 21.1 Å². The lowest BCUT2D eigenvalue weighted by Gasteiger charge is -2.11. The lowest BCUT2D eigenvalue weighted by Crippen LogP contribution is -2.26. The third kappa shape index (κ3) is 6.84. The Balaban J connectivity index is 1.69. The maximum atomic E-state index is 11.9. The van der Waals surface area contributed by atoms with Crippen molar-refractivity contribution in [3.8, 4) is 5.75 Å². The van der Waals surface area contributed by atoms with Gasteiger partial charge in [-0.2, -0.15) is 0 Å². The number of nitrogens with two attached hydrogens (primary N) is 1. The van der Waals surface area contributed by atoms with Crippen LogP contribution in [0.2, 0.25) is 0 Å². The molecule has 0 atom stereocenters. The zero-order chi connectivity index (χ0) is 18.8. The molecule has 0 spiro atoms. The number of anilines is 1. The molecule has 2 rings (SSSR count). The molecule has 6 nitrogen and oxygen atoms in total. The van der Waals surface area contributed by atoms with Gasteiger partial charge in [-0.3, -0.25) is 9.79 Å². The van der Waals surface area contributed by atoms with Gasteiger partial charge in [0.25, 0.3) is 5.91 Å². The summed E-state index contributed by atoms with van der Waals surface area (Å²) in [6, 6.07) is 16.7. The minimum absolute atomic E-state index is 0.0793. The zero-order valence-electron chi connectivity index (χ0n) is 15.2. The molecular formula is C20H26N4O2. The topological polar surface area (TPSA) is 88.7 Å². The number of rotatable bonds is 8. The lowest BCUT2D eigenvalue weighted by molar-refractivity contribution is 0.0953. The molecule has 2 aromatic carbocycles. The van der Waals surface area contributed by atoms with Gasteiger partial charge in [0, 0.05) is 24.3 Å². The second kappa shape index (κ2) is 10.1. The average Bonchev–Trinajstić information content (AvgIpc) is 2.63. The standard InChI is InChI=1S/C20H26N4O2/c1-15(2)26-18-11-9-17(10-12-18)24-20(21)23-14-6-13-22-19(25)16-7-4-3-5-8-16/h3-5,7-12,15H,6,13-14H2,1-2H3,(H,22,25)(H3,21,23,24). The summed E-state index contributed by atoms with van der Waals surface area (Å²) in [5, 5.41) is 5.89. The first-order valence-corrected chi connectivity index (χ1v) is 8.71. The molecule has 0 fully saturated rings. The summed E-state index contributed by atoms with van der Waals surface area (Å²) in [6.07, 6.45) is 0.852. The van der Waals surface area contributed by atoms with Crippen molar-refractivity contribution in [1.82, 2.24) is 5.32 Å². The lowest BCUT2D eigenvalue weighted by atomic mass is 10.2. The van der Waals surface area contributed by atoms with E-state index in [0.29, 0.717) is 31.0 Å². The summed E-state index contributed by atoms with van der Waals surface area (Å²) in [7, 11) is 0. The monoisotopic (exact) mass is 354 g/mol. The van der Waals surface area contributed by atoms with Gasteiger partial charge in [0.1, 0.15) is 5.75 Å². The molecule has 0 aliphatic carbocycles. The van der Waals surface area contributed by atoms with Gasteiger partial charge < -0.3 is 21.1 Å². The van der Waals surface area contributed by atoms with Gasteiger partial charge in [-0.25, -0.2) is 0 Å². The van der Waals surface area contributed by atoms with E-state index in [-0.39, 0.29) is 12.0 Å². The molecular weight excluding hydrogens is 328 g/mol. The number of hydrogen-bond acceptors (Lipinski definition) is 3. The molecule has 4 N–H and O–H groups in total. The van der Waals surface area contributed by atoms with E-state index in [1.807, 2.05) is 56.3 Å². The largest absolute Gasteiger partial charge is 0.491 e.